The number of aromatic nitrogens is 4. The van der Waals surface area contributed by atoms with Crippen molar-refractivity contribution in [2.45, 2.75) is 57.5 Å². The minimum Gasteiger partial charge on any atom is -0.395 e. The molecule has 2 aliphatic heterocycles. The van der Waals surface area contributed by atoms with Crippen molar-refractivity contribution >= 4 is 22.5 Å². The summed E-state index contributed by atoms with van der Waals surface area (Å²) in [5.74, 6) is 0.220. The van der Waals surface area contributed by atoms with E-state index >= 15 is 0 Å². The van der Waals surface area contributed by atoms with Crippen molar-refractivity contribution in [2.75, 3.05) is 18.8 Å². The number of benzene rings is 1. The summed E-state index contributed by atoms with van der Waals surface area (Å²) in [6.07, 6.45) is -1.36. The van der Waals surface area contributed by atoms with E-state index in [0.29, 0.717) is 49.2 Å². The van der Waals surface area contributed by atoms with Crippen LogP contribution < -0.4 is 15.2 Å². The van der Waals surface area contributed by atoms with Gasteiger partial charge in [-0.2, -0.15) is 4.52 Å². The second-order valence-electron chi connectivity index (χ2n) is 8.36. The van der Waals surface area contributed by atoms with Gasteiger partial charge in [-0.25, -0.2) is 14.4 Å². The summed E-state index contributed by atoms with van der Waals surface area (Å²) in [6.45, 7) is 5.03. The molecule has 2 atom stereocenters. The Hall–Kier alpha value is -2.82. The minimum atomic E-state index is -3.76. The van der Waals surface area contributed by atoms with Gasteiger partial charge in [-0.15, -0.1) is 13.9 Å². The molecule has 2 aromatic heterocycles. The third-order valence-electron chi connectivity index (χ3n) is 5.97. The monoisotopic (exact) mass is 436 g/mol. The van der Waals surface area contributed by atoms with Gasteiger partial charge in [-0.3, -0.25) is 4.90 Å². The molecule has 1 fully saturated rings. The van der Waals surface area contributed by atoms with Crippen LogP contribution in [0.4, 0.5) is 19.1 Å². The van der Waals surface area contributed by atoms with E-state index in [-0.39, 0.29) is 29.0 Å². The Balaban J connectivity index is 1.43. The SMILES string of the molecule is CCCC1(F)CC(C)N(CCc2nc3c4ccc5c(c4nc(N)n3n2)OC(F)(F)O5)C1. The number of rotatable bonds is 5. The maximum atomic E-state index is 14.9. The van der Waals surface area contributed by atoms with Crippen LogP contribution in [0, 0.1) is 0 Å². The number of fused-ring (bicyclic) bond motifs is 5. The van der Waals surface area contributed by atoms with Gasteiger partial charge in [-0.05, 0) is 31.9 Å². The summed E-state index contributed by atoms with van der Waals surface area (Å²) in [5, 5.41) is 4.89. The zero-order valence-electron chi connectivity index (χ0n) is 17.2. The van der Waals surface area contributed by atoms with E-state index < -0.39 is 12.0 Å². The average Bonchev–Trinajstić information content (AvgIpc) is 3.33. The van der Waals surface area contributed by atoms with Gasteiger partial charge in [-0.1, -0.05) is 13.3 Å². The highest BCUT2D eigenvalue weighted by Crippen LogP contribution is 2.45. The summed E-state index contributed by atoms with van der Waals surface area (Å²) in [4.78, 5) is 10.8. The predicted molar refractivity (Wildman–Crippen MR) is 107 cm³/mol. The molecule has 8 nitrogen and oxygen atoms in total. The maximum Gasteiger partial charge on any atom is 0.586 e. The van der Waals surface area contributed by atoms with E-state index in [0.717, 1.165) is 6.42 Å². The molecule has 2 aliphatic rings. The van der Waals surface area contributed by atoms with Crippen LogP contribution in [0.1, 0.15) is 38.9 Å². The molecule has 0 spiro atoms. The lowest BCUT2D eigenvalue weighted by molar-refractivity contribution is -0.286. The van der Waals surface area contributed by atoms with Gasteiger partial charge in [0.05, 0.1) is 0 Å². The third kappa shape index (κ3) is 3.40. The highest BCUT2D eigenvalue weighted by atomic mass is 19.3. The van der Waals surface area contributed by atoms with Crippen molar-refractivity contribution in [1.29, 1.82) is 0 Å². The molecule has 4 heterocycles. The Morgan fingerprint density at radius 3 is 2.81 bits per heavy atom. The Kier molecular flexibility index (Phi) is 4.44. The van der Waals surface area contributed by atoms with Crippen molar-refractivity contribution in [3.63, 3.8) is 0 Å². The lowest BCUT2D eigenvalue weighted by Gasteiger charge is -2.21. The summed E-state index contributed by atoms with van der Waals surface area (Å²) < 4.78 is 52.4. The van der Waals surface area contributed by atoms with Crippen molar-refractivity contribution < 1.29 is 22.6 Å². The first kappa shape index (κ1) is 20.1. The second kappa shape index (κ2) is 6.84. The minimum absolute atomic E-state index is 0.00581. The maximum absolute atomic E-state index is 14.9. The van der Waals surface area contributed by atoms with Gasteiger partial charge in [0.15, 0.2) is 23.0 Å². The van der Waals surface area contributed by atoms with Crippen LogP contribution in [0.15, 0.2) is 12.1 Å². The largest absolute Gasteiger partial charge is 0.586 e. The molecule has 0 saturated carbocycles. The lowest BCUT2D eigenvalue weighted by Crippen LogP contribution is -2.32. The summed E-state index contributed by atoms with van der Waals surface area (Å²) >= 11 is 0. The zero-order chi connectivity index (χ0) is 22.0. The fraction of sp³-hybridized carbons (Fsp3) is 0.550. The van der Waals surface area contributed by atoms with Gasteiger partial charge >= 0.3 is 6.29 Å². The lowest BCUT2D eigenvalue weighted by atomic mass is 9.97. The van der Waals surface area contributed by atoms with Gasteiger partial charge in [0, 0.05) is 30.9 Å². The number of hydrogen-bond donors (Lipinski definition) is 1. The molecule has 0 radical (unpaired) electrons. The van der Waals surface area contributed by atoms with Crippen LogP contribution in [-0.2, 0) is 6.42 Å². The molecule has 11 heteroatoms. The average molecular weight is 436 g/mol. The molecule has 166 valence electrons. The molecule has 0 bridgehead atoms. The van der Waals surface area contributed by atoms with Crippen molar-refractivity contribution in [1.82, 2.24) is 24.5 Å². The number of hydrogen-bond acceptors (Lipinski definition) is 7. The van der Waals surface area contributed by atoms with E-state index in [4.69, 9.17) is 5.73 Å². The number of likely N-dealkylation sites (tertiary alicyclic amines) is 1. The normalized spacial score (nSPS) is 25.1. The van der Waals surface area contributed by atoms with Gasteiger partial charge in [0.2, 0.25) is 5.95 Å². The molecule has 2 N–H and O–H groups in total. The number of halogens is 3. The molecule has 1 saturated heterocycles. The standard InChI is InChI=1S/C20H23F3N6O2/c1-3-7-19(21)9-11(2)28(10-19)8-6-14-25-17-12-4-5-13-16(31-20(22,23)30-13)15(12)26-18(24)29(17)27-14/h4-5,11H,3,6-10H2,1-2H3,(H2,24,26). The topological polar surface area (TPSA) is 90.8 Å². The first-order valence-electron chi connectivity index (χ1n) is 10.3. The molecule has 3 aromatic rings. The molecule has 0 amide bonds. The number of nitrogen functional groups attached to an aromatic ring is 1. The van der Waals surface area contributed by atoms with Crippen LogP contribution in [-0.4, -0.2) is 55.6 Å². The smallest absolute Gasteiger partial charge is 0.395 e. The Morgan fingerprint density at radius 2 is 2.03 bits per heavy atom. The van der Waals surface area contributed by atoms with E-state index in [2.05, 4.69) is 29.4 Å². The molecule has 1 aromatic carbocycles. The van der Waals surface area contributed by atoms with Crippen LogP contribution in [0.25, 0.3) is 16.6 Å². The van der Waals surface area contributed by atoms with Crippen LogP contribution >= 0.6 is 0 Å². The van der Waals surface area contributed by atoms with Crippen LogP contribution in [0.2, 0.25) is 0 Å². The van der Waals surface area contributed by atoms with Gasteiger partial charge in [0.1, 0.15) is 11.2 Å². The predicted octanol–water partition coefficient (Wildman–Crippen LogP) is 3.33. The van der Waals surface area contributed by atoms with Crippen LogP contribution in [0.5, 0.6) is 11.5 Å². The fourth-order valence-corrected chi connectivity index (χ4v) is 4.66. The van der Waals surface area contributed by atoms with E-state index in [9.17, 15) is 13.2 Å². The fourth-order valence-electron chi connectivity index (χ4n) is 4.66. The van der Waals surface area contributed by atoms with Crippen molar-refractivity contribution in [3.05, 3.63) is 18.0 Å². The molecule has 2 unspecified atom stereocenters. The number of anilines is 1. The number of alkyl halides is 3. The quantitative estimate of drug-likeness (QED) is 0.656. The molecule has 5 rings (SSSR count). The van der Waals surface area contributed by atoms with Gasteiger partial charge < -0.3 is 15.2 Å². The summed E-state index contributed by atoms with van der Waals surface area (Å²) in [7, 11) is 0. The summed E-state index contributed by atoms with van der Waals surface area (Å²) in [5.41, 5.74) is 5.39. The molecule has 31 heavy (non-hydrogen) atoms. The molecular weight excluding hydrogens is 413 g/mol. The number of ether oxygens (including phenoxy) is 2. The third-order valence-corrected chi connectivity index (χ3v) is 5.97. The van der Waals surface area contributed by atoms with E-state index in [1.807, 2.05) is 13.8 Å². The molecular formula is C20H23F3N6O2. The second-order valence-corrected chi connectivity index (χ2v) is 8.36. The Bertz CT molecular complexity index is 1170. The van der Waals surface area contributed by atoms with Crippen LogP contribution in [0.3, 0.4) is 0 Å². The van der Waals surface area contributed by atoms with Gasteiger partial charge in [0.25, 0.3) is 0 Å². The highest BCUT2D eigenvalue weighted by Gasteiger charge is 2.45. The van der Waals surface area contributed by atoms with Crippen molar-refractivity contribution in [2.24, 2.45) is 0 Å². The Labute approximate surface area is 176 Å². The van der Waals surface area contributed by atoms with E-state index in [1.54, 1.807) is 6.07 Å². The van der Waals surface area contributed by atoms with E-state index in [1.165, 1.54) is 10.6 Å². The first-order valence-corrected chi connectivity index (χ1v) is 10.3. The van der Waals surface area contributed by atoms with Crippen molar-refractivity contribution in [3.8, 4) is 11.5 Å². The Morgan fingerprint density at radius 1 is 1.23 bits per heavy atom. The summed E-state index contributed by atoms with van der Waals surface area (Å²) in [6, 6.07) is 3.09. The number of nitrogens with two attached hydrogens (primary N) is 1. The highest BCUT2D eigenvalue weighted by molar-refractivity contribution is 5.97. The zero-order valence-corrected chi connectivity index (χ0v) is 17.2. The number of nitrogens with zero attached hydrogens (tertiary/aromatic N) is 5. The molecule has 0 aliphatic carbocycles. The first-order chi connectivity index (χ1) is 14.7.